The molecule has 0 aliphatic heterocycles. The van der Waals surface area contributed by atoms with Crippen molar-refractivity contribution in [3.63, 3.8) is 0 Å². The predicted molar refractivity (Wildman–Crippen MR) is 102 cm³/mol. The molecule has 2 rings (SSSR count). The van der Waals surface area contributed by atoms with Crippen LogP contribution in [0.1, 0.15) is 68.3 Å². The summed E-state index contributed by atoms with van der Waals surface area (Å²) < 4.78 is 52.4. The Hall–Kier alpha value is -2.71. The van der Waals surface area contributed by atoms with Gasteiger partial charge in [-0.15, -0.1) is 0 Å². The monoisotopic (exact) mass is 413 g/mol. The van der Waals surface area contributed by atoms with Crippen molar-refractivity contribution in [2.24, 2.45) is 0 Å². The molecule has 0 saturated heterocycles. The maximum Gasteiger partial charge on any atom is 0.433 e. The molecule has 0 radical (unpaired) electrons. The Labute approximate surface area is 168 Å². The summed E-state index contributed by atoms with van der Waals surface area (Å²) in [5, 5.41) is 6.36. The average molecular weight is 413 g/mol. The van der Waals surface area contributed by atoms with E-state index in [2.05, 4.69) is 10.4 Å². The van der Waals surface area contributed by atoms with Crippen LogP contribution in [0.15, 0.2) is 24.4 Å². The molecule has 1 heterocycles. The predicted octanol–water partition coefficient (Wildman–Crippen LogP) is 4.77. The van der Waals surface area contributed by atoms with Crippen molar-refractivity contribution in [3.8, 4) is 11.5 Å². The van der Waals surface area contributed by atoms with E-state index < -0.39 is 35.4 Å². The number of benzene rings is 1. The number of amides is 1. The quantitative estimate of drug-likeness (QED) is 0.677. The first kappa shape index (κ1) is 22.6. The van der Waals surface area contributed by atoms with Gasteiger partial charge in [0.1, 0.15) is 0 Å². The van der Waals surface area contributed by atoms with Crippen LogP contribution in [-0.2, 0) is 6.18 Å². The van der Waals surface area contributed by atoms with E-state index in [4.69, 9.17) is 9.47 Å². The molecular formula is C20H26F3N3O3. The van der Waals surface area contributed by atoms with Crippen molar-refractivity contribution in [1.82, 2.24) is 15.1 Å². The van der Waals surface area contributed by atoms with Crippen LogP contribution < -0.4 is 14.8 Å². The molecule has 2 aromatic rings. The number of nitrogens with zero attached hydrogens (tertiary/aromatic N) is 2. The second-order valence-electron chi connectivity index (χ2n) is 6.71. The second-order valence-corrected chi connectivity index (χ2v) is 6.71. The largest absolute Gasteiger partial charge is 0.490 e. The number of carbonyl (C=O) groups is 1. The van der Waals surface area contributed by atoms with Crippen molar-refractivity contribution < 1.29 is 27.4 Å². The molecule has 1 amide bonds. The van der Waals surface area contributed by atoms with E-state index in [0.717, 1.165) is 10.9 Å². The van der Waals surface area contributed by atoms with Gasteiger partial charge in [0.15, 0.2) is 17.2 Å². The number of alkyl halides is 3. The number of carbonyl (C=O) groups excluding carboxylic acids is 1. The fraction of sp³-hybridized carbons (Fsp3) is 0.500. The summed E-state index contributed by atoms with van der Waals surface area (Å²) in [6.07, 6.45) is -3.74. The van der Waals surface area contributed by atoms with Gasteiger partial charge in [-0.3, -0.25) is 9.48 Å². The van der Waals surface area contributed by atoms with Gasteiger partial charge in [0, 0.05) is 6.04 Å². The third-order valence-corrected chi connectivity index (χ3v) is 4.21. The second kappa shape index (κ2) is 9.19. The molecule has 160 valence electrons. The number of hydrogen-bond donors (Lipinski definition) is 1. The van der Waals surface area contributed by atoms with E-state index in [1.807, 2.05) is 13.8 Å². The fourth-order valence-electron chi connectivity index (χ4n) is 2.90. The van der Waals surface area contributed by atoms with Crippen LogP contribution in [0.5, 0.6) is 11.5 Å². The van der Waals surface area contributed by atoms with Crippen LogP contribution in [0.2, 0.25) is 0 Å². The number of ether oxygens (including phenoxy) is 2. The molecular weight excluding hydrogens is 387 g/mol. The smallest absolute Gasteiger partial charge is 0.433 e. The molecule has 0 aliphatic rings. The maximum absolute atomic E-state index is 13.5. The van der Waals surface area contributed by atoms with Crippen molar-refractivity contribution in [1.29, 1.82) is 0 Å². The number of rotatable bonds is 8. The highest BCUT2D eigenvalue weighted by Crippen LogP contribution is 2.34. The lowest BCUT2D eigenvalue weighted by Crippen LogP contribution is -2.29. The Morgan fingerprint density at radius 3 is 2.31 bits per heavy atom. The fourth-order valence-corrected chi connectivity index (χ4v) is 2.90. The van der Waals surface area contributed by atoms with Gasteiger partial charge in [-0.2, -0.15) is 18.3 Å². The zero-order valence-corrected chi connectivity index (χ0v) is 17.1. The minimum Gasteiger partial charge on any atom is -0.490 e. The lowest BCUT2D eigenvalue weighted by Gasteiger charge is -2.18. The summed E-state index contributed by atoms with van der Waals surface area (Å²) in [6.45, 7) is 9.40. The first-order valence-electron chi connectivity index (χ1n) is 9.45. The standard InChI is InChI=1S/C20H26F3N3O3/c1-6-28-16-9-8-14(10-17(16)29-7-2)13(5)25-19(27)15-11-24-26(12(3)4)18(15)20(21,22)23/h8-13H,6-7H2,1-5H3,(H,25,27). The van der Waals surface area contributed by atoms with Gasteiger partial charge in [-0.05, 0) is 52.3 Å². The Kier molecular flexibility index (Phi) is 7.16. The Morgan fingerprint density at radius 1 is 1.14 bits per heavy atom. The zero-order valence-electron chi connectivity index (χ0n) is 17.1. The van der Waals surface area contributed by atoms with Crippen molar-refractivity contribution in [2.45, 2.75) is 52.9 Å². The summed E-state index contributed by atoms with van der Waals surface area (Å²) >= 11 is 0. The lowest BCUT2D eigenvalue weighted by atomic mass is 10.1. The Morgan fingerprint density at radius 2 is 1.76 bits per heavy atom. The molecule has 0 aliphatic carbocycles. The van der Waals surface area contributed by atoms with Gasteiger partial charge in [0.25, 0.3) is 5.91 Å². The van der Waals surface area contributed by atoms with Crippen LogP contribution in [0.3, 0.4) is 0 Å². The summed E-state index contributed by atoms with van der Waals surface area (Å²) in [5.41, 5.74) is -0.886. The average Bonchev–Trinajstić information content (AvgIpc) is 3.09. The maximum atomic E-state index is 13.5. The molecule has 0 saturated carbocycles. The highest BCUT2D eigenvalue weighted by Gasteiger charge is 2.40. The lowest BCUT2D eigenvalue weighted by molar-refractivity contribution is -0.145. The molecule has 0 fully saturated rings. The highest BCUT2D eigenvalue weighted by atomic mass is 19.4. The SMILES string of the molecule is CCOc1ccc(C(C)NC(=O)c2cnn(C(C)C)c2C(F)(F)F)cc1OCC. The van der Waals surface area contributed by atoms with Crippen LogP contribution in [0.25, 0.3) is 0 Å². The van der Waals surface area contributed by atoms with Gasteiger partial charge in [-0.25, -0.2) is 0 Å². The van der Waals surface area contributed by atoms with E-state index in [0.29, 0.717) is 30.3 Å². The molecule has 1 aromatic carbocycles. The van der Waals surface area contributed by atoms with Crippen LogP contribution in [0.4, 0.5) is 13.2 Å². The van der Waals surface area contributed by atoms with Crippen molar-refractivity contribution in [3.05, 3.63) is 41.2 Å². The van der Waals surface area contributed by atoms with E-state index in [1.54, 1.807) is 39.0 Å². The van der Waals surface area contributed by atoms with Gasteiger partial charge in [0.05, 0.1) is 31.0 Å². The summed E-state index contributed by atoms with van der Waals surface area (Å²) in [5.74, 6) is 0.231. The zero-order chi connectivity index (χ0) is 21.8. The van der Waals surface area contributed by atoms with Gasteiger partial charge >= 0.3 is 6.18 Å². The number of hydrogen-bond acceptors (Lipinski definition) is 4. The van der Waals surface area contributed by atoms with E-state index >= 15 is 0 Å². The number of nitrogens with one attached hydrogen (secondary N) is 1. The number of halogens is 3. The van der Waals surface area contributed by atoms with Gasteiger partial charge < -0.3 is 14.8 Å². The molecule has 6 nitrogen and oxygen atoms in total. The van der Waals surface area contributed by atoms with E-state index in [9.17, 15) is 18.0 Å². The first-order valence-corrected chi connectivity index (χ1v) is 9.45. The molecule has 1 unspecified atom stereocenters. The summed E-state index contributed by atoms with van der Waals surface area (Å²) in [6, 6.07) is 4.07. The minimum absolute atomic E-state index is 0.424. The van der Waals surface area contributed by atoms with E-state index in [-0.39, 0.29) is 0 Å². The first-order chi connectivity index (χ1) is 13.6. The normalized spacial score (nSPS) is 12.7. The van der Waals surface area contributed by atoms with Gasteiger partial charge in [0.2, 0.25) is 0 Å². The summed E-state index contributed by atoms with van der Waals surface area (Å²) in [7, 11) is 0. The highest BCUT2D eigenvalue weighted by molar-refractivity contribution is 5.95. The molecule has 0 bridgehead atoms. The molecule has 1 N–H and O–H groups in total. The van der Waals surface area contributed by atoms with Crippen LogP contribution >= 0.6 is 0 Å². The third-order valence-electron chi connectivity index (χ3n) is 4.21. The molecule has 0 spiro atoms. The molecule has 9 heteroatoms. The molecule has 1 atom stereocenters. The van der Waals surface area contributed by atoms with Crippen LogP contribution in [0, 0.1) is 0 Å². The van der Waals surface area contributed by atoms with Crippen LogP contribution in [-0.4, -0.2) is 28.9 Å². The topological polar surface area (TPSA) is 65.4 Å². The Balaban J connectivity index is 2.29. The van der Waals surface area contributed by atoms with E-state index in [1.165, 1.54) is 0 Å². The number of aromatic nitrogens is 2. The molecule has 29 heavy (non-hydrogen) atoms. The molecule has 1 aromatic heterocycles. The van der Waals surface area contributed by atoms with Crippen molar-refractivity contribution in [2.75, 3.05) is 13.2 Å². The third kappa shape index (κ3) is 5.21. The summed E-state index contributed by atoms with van der Waals surface area (Å²) in [4.78, 5) is 12.6. The Bertz CT molecular complexity index is 847. The van der Waals surface area contributed by atoms with Crippen molar-refractivity contribution >= 4 is 5.91 Å². The van der Waals surface area contributed by atoms with Gasteiger partial charge in [-0.1, -0.05) is 6.07 Å². The minimum atomic E-state index is -4.70.